The second-order valence-corrected chi connectivity index (χ2v) is 5.44. The van der Waals surface area contributed by atoms with Crippen molar-refractivity contribution in [1.29, 1.82) is 0 Å². The van der Waals surface area contributed by atoms with Crippen LogP contribution in [0.5, 0.6) is 0 Å². The Morgan fingerprint density at radius 3 is 2.31 bits per heavy atom. The van der Waals surface area contributed by atoms with Crippen molar-refractivity contribution in [2.75, 3.05) is 13.1 Å². The molecule has 0 radical (unpaired) electrons. The number of hydrogen-bond donors (Lipinski definition) is 1. The molecule has 1 nitrogen and oxygen atoms in total. The van der Waals surface area contributed by atoms with Crippen LogP contribution >= 0.6 is 0 Å². The van der Waals surface area contributed by atoms with Crippen LogP contribution in [0.2, 0.25) is 0 Å². The van der Waals surface area contributed by atoms with Crippen molar-refractivity contribution in [1.82, 2.24) is 5.32 Å². The molecular formula is C12H25N. The van der Waals surface area contributed by atoms with Gasteiger partial charge in [0.05, 0.1) is 0 Å². The van der Waals surface area contributed by atoms with Gasteiger partial charge in [-0.25, -0.2) is 0 Å². The normalized spacial score (nSPS) is 27.2. The van der Waals surface area contributed by atoms with Gasteiger partial charge in [0.1, 0.15) is 0 Å². The molecule has 0 saturated heterocycles. The molecule has 2 atom stereocenters. The molecule has 78 valence electrons. The van der Waals surface area contributed by atoms with Crippen molar-refractivity contribution in [2.24, 2.45) is 23.7 Å². The molecule has 1 heteroatoms. The van der Waals surface area contributed by atoms with Crippen molar-refractivity contribution < 1.29 is 0 Å². The summed E-state index contributed by atoms with van der Waals surface area (Å²) in [5.41, 5.74) is 0. The molecule has 1 aliphatic rings. The van der Waals surface area contributed by atoms with Crippen molar-refractivity contribution in [3.8, 4) is 0 Å². The Morgan fingerprint density at radius 1 is 1.08 bits per heavy atom. The van der Waals surface area contributed by atoms with Gasteiger partial charge >= 0.3 is 0 Å². The summed E-state index contributed by atoms with van der Waals surface area (Å²) >= 11 is 0. The van der Waals surface area contributed by atoms with E-state index in [9.17, 15) is 0 Å². The summed E-state index contributed by atoms with van der Waals surface area (Å²) in [7, 11) is 0. The highest BCUT2D eigenvalue weighted by molar-refractivity contribution is 4.88. The monoisotopic (exact) mass is 183 g/mol. The van der Waals surface area contributed by atoms with Crippen molar-refractivity contribution in [3.63, 3.8) is 0 Å². The molecule has 0 aromatic carbocycles. The zero-order valence-electron chi connectivity index (χ0n) is 9.64. The molecule has 0 amide bonds. The second-order valence-electron chi connectivity index (χ2n) is 5.44. The maximum Gasteiger partial charge on any atom is -0.00176 e. The Hall–Kier alpha value is -0.0400. The Kier molecular flexibility index (Phi) is 4.24. The highest BCUT2D eigenvalue weighted by Gasteiger charge is 2.36. The lowest BCUT2D eigenvalue weighted by Gasteiger charge is -2.07. The Balaban J connectivity index is 1.95. The fourth-order valence-electron chi connectivity index (χ4n) is 2.01. The van der Waals surface area contributed by atoms with Crippen molar-refractivity contribution in [3.05, 3.63) is 0 Å². The highest BCUT2D eigenvalue weighted by Crippen LogP contribution is 2.42. The summed E-state index contributed by atoms with van der Waals surface area (Å²) in [4.78, 5) is 0. The maximum atomic E-state index is 3.55. The molecule has 0 spiro atoms. The molecule has 0 aliphatic heterocycles. The molecule has 0 bridgehead atoms. The van der Waals surface area contributed by atoms with E-state index in [2.05, 4.69) is 33.0 Å². The molecule has 1 N–H and O–H groups in total. The molecule has 0 aromatic heterocycles. The van der Waals surface area contributed by atoms with E-state index in [1.165, 1.54) is 25.9 Å². The SMILES string of the molecule is CC(C)CNCC1CC1CC(C)C. The van der Waals surface area contributed by atoms with Crippen LogP contribution in [0.4, 0.5) is 0 Å². The first-order chi connectivity index (χ1) is 6.09. The largest absolute Gasteiger partial charge is 0.316 e. The van der Waals surface area contributed by atoms with E-state index in [4.69, 9.17) is 0 Å². The van der Waals surface area contributed by atoms with Gasteiger partial charge in [0, 0.05) is 0 Å². The first kappa shape index (κ1) is 11.0. The van der Waals surface area contributed by atoms with Gasteiger partial charge in [-0.1, -0.05) is 27.7 Å². The standard InChI is InChI=1S/C12H25N/c1-9(2)5-11-6-12(11)8-13-7-10(3)4/h9-13H,5-8H2,1-4H3. The Morgan fingerprint density at radius 2 is 1.77 bits per heavy atom. The summed E-state index contributed by atoms with van der Waals surface area (Å²) in [5, 5.41) is 3.55. The van der Waals surface area contributed by atoms with Gasteiger partial charge in [-0.3, -0.25) is 0 Å². The van der Waals surface area contributed by atoms with Gasteiger partial charge in [-0.05, 0) is 49.6 Å². The summed E-state index contributed by atoms with van der Waals surface area (Å²) < 4.78 is 0. The average Bonchev–Trinajstić information content (AvgIpc) is 2.65. The van der Waals surface area contributed by atoms with Crippen LogP contribution in [-0.2, 0) is 0 Å². The zero-order chi connectivity index (χ0) is 9.84. The number of hydrogen-bond acceptors (Lipinski definition) is 1. The van der Waals surface area contributed by atoms with Gasteiger partial charge in [-0.15, -0.1) is 0 Å². The third kappa shape index (κ3) is 4.66. The molecule has 0 aromatic rings. The van der Waals surface area contributed by atoms with E-state index >= 15 is 0 Å². The van der Waals surface area contributed by atoms with E-state index in [0.717, 1.165) is 23.7 Å². The van der Waals surface area contributed by atoms with Gasteiger partial charge in [0.2, 0.25) is 0 Å². The quantitative estimate of drug-likeness (QED) is 0.667. The predicted octanol–water partition coefficient (Wildman–Crippen LogP) is 2.91. The van der Waals surface area contributed by atoms with Crippen LogP contribution in [-0.4, -0.2) is 13.1 Å². The average molecular weight is 183 g/mol. The van der Waals surface area contributed by atoms with Crippen LogP contribution in [0.15, 0.2) is 0 Å². The van der Waals surface area contributed by atoms with Crippen molar-refractivity contribution in [2.45, 2.75) is 40.5 Å². The smallest absolute Gasteiger partial charge is 0.00176 e. The van der Waals surface area contributed by atoms with Crippen LogP contribution in [0.25, 0.3) is 0 Å². The summed E-state index contributed by atoms with van der Waals surface area (Å²) in [5.74, 6) is 3.73. The predicted molar refractivity (Wildman–Crippen MR) is 58.8 cm³/mol. The lowest BCUT2D eigenvalue weighted by Crippen LogP contribution is -2.22. The van der Waals surface area contributed by atoms with E-state index < -0.39 is 0 Å². The van der Waals surface area contributed by atoms with Crippen LogP contribution in [0, 0.1) is 23.7 Å². The van der Waals surface area contributed by atoms with Crippen LogP contribution in [0.1, 0.15) is 40.5 Å². The summed E-state index contributed by atoms with van der Waals surface area (Å²) in [6.45, 7) is 11.6. The van der Waals surface area contributed by atoms with Crippen molar-refractivity contribution >= 4 is 0 Å². The van der Waals surface area contributed by atoms with Gasteiger partial charge < -0.3 is 5.32 Å². The number of nitrogens with one attached hydrogen (secondary N) is 1. The molecule has 0 heterocycles. The molecule has 2 unspecified atom stereocenters. The molecule has 13 heavy (non-hydrogen) atoms. The minimum atomic E-state index is 0.794. The van der Waals surface area contributed by atoms with E-state index in [0.29, 0.717) is 0 Å². The molecule has 1 aliphatic carbocycles. The van der Waals surface area contributed by atoms with Crippen LogP contribution in [0.3, 0.4) is 0 Å². The van der Waals surface area contributed by atoms with E-state index in [-0.39, 0.29) is 0 Å². The molecule has 1 rings (SSSR count). The lowest BCUT2D eigenvalue weighted by atomic mass is 10.1. The molecular weight excluding hydrogens is 158 g/mol. The summed E-state index contributed by atoms with van der Waals surface area (Å²) in [6, 6.07) is 0. The Labute approximate surface area is 83.3 Å². The third-order valence-corrected chi connectivity index (χ3v) is 2.80. The van der Waals surface area contributed by atoms with Gasteiger partial charge in [-0.2, -0.15) is 0 Å². The minimum Gasteiger partial charge on any atom is -0.316 e. The van der Waals surface area contributed by atoms with Gasteiger partial charge in [0.25, 0.3) is 0 Å². The fraction of sp³-hybridized carbons (Fsp3) is 1.00. The molecule has 1 fully saturated rings. The maximum absolute atomic E-state index is 3.55. The topological polar surface area (TPSA) is 12.0 Å². The van der Waals surface area contributed by atoms with E-state index in [1.54, 1.807) is 0 Å². The highest BCUT2D eigenvalue weighted by atomic mass is 14.9. The van der Waals surface area contributed by atoms with E-state index in [1.807, 2.05) is 0 Å². The Bertz CT molecular complexity index is 140. The third-order valence-electron chi connectivity index (χ3n) is 2.80. The fourth-order valence-corrected chi connectivity index (χ4v) is 2.01. The minimum absolute atomic E-state index is 0.794. The molecule has 1 saturated carbocycles. The lowest BCUT2D eigenvalue weighted by molar-refractivity contribution is 0.482. The zero-order valence-corrected chi connectivity index (χ0v) is 9.64. The first-order valence-electron chi connectivity index (χ1n) is 5.80. The summed E-state index contributed by atoms with van der Waals surface area (Å²) in [6.07, 6.45) is 2.91. The number of rotatable bonds is 6. The van der Waals surface area contributed by atoms with Crippen LogP contribution < -0.4 is 5.32 Å². The second kappa shape index (κ2) is 4.99. The first-order valence-corrected chi connectivity index (χ1v) is 5.80. The van der Waals surface area contributed by atoms with Gasteiger partial charge in [0.15, 0.2) is 0 Å².